The van der Waals surface area contributed by atoms with E-state index in [2.05, 4.69) is 51.4 Å². The molecule has 1 aliphatic rings. The van der Waals surface area contributed by atoms with Crippen molar-refractivity contribution in [3.63, 3.8) is 0 Å². The summed E-state index contributed by atoms with van der Waals surface area (Å²) >= 11 is 5.34. The van der Waals surface area contributed by atoms with Gasteiger partial charge in [-0.05, 0) is 35.8 Å². The molecule has 1 saturated heterocycles. The van der Waals surface area contributed by atoms with Crippen LogP contribution in [0.3, 0.4) is 0 Å². The largest absolute Gasteiger partial charge is 0.314 e. The van der Waals surface area contributed by atoms with Gasteiger partial charge in [0.15, 0.2) is 0 Å². The molecule has 1 aliphatic heterocycles. The minimum absolute atomic E-state index is 0.273. The molecule has 0 bridgehead atoms. The molecule has 2 heterocycles. The van der Waals surface area contributed by atoms with Gasteiger partial charge < -0.3 is 5.32 Å². The number of hydrogen-bond donors (Lipinski definition) is 1. The zero-order valence-corrected chi connectivity index (χ0v) is 11.6. The van der Waals surface area contributed by atoms with Gasteiger partial charge in [-0.2, -0.15) is 0 Å². The molecule has 4 heteroatoms. The Hall–Kier alpha value is 0.1000. The Morgan fingerprint density at radius 3 is 3.00 bits per heavy atom. The van der Waals surface area contributed by atoms with E-state index in [9.17, 15) is 0 Å². The maximum Gasteiger partial charge on any atom is 0.0334 e. The van der Waals surface area contributed by atoms with Crippen LogP contribution < -0.4 is 5.32 Å². The number of hydrogen-bond acceptors (Lipinski definition) is 3. The van der Waals surface area contributed by atoms with E-state index in [4.69, 9.17) is 0 Å². The van der Waals surface area contributed by atoms with Crippen molar-refractivity contribution in [3.8, 4) is 0 Å². The maximum absolute atomic E-state index is 3.51. The molecule has 2 nitrogen and oxygen atoms in total. The normalized spacial score (nSPS) is 21.8. The number of piperazine rings is 1. The van der Waals surface area contributed by atoms with E-state index in [1.807, 2.05) is 11.3 Å². The molecule has 15 heavy (non-hydrogen) atoms. The lowest BCUT2D eigenvalue weighted by atomic mass is 10.0. The van der Waals surface area contributed by atoms with Crippen LogP contribution in [0.2, 0.25) is 0 Å². The lowest BCUT2D eigenvalue weighted by Crippen LogP contribution is -2.57. The van der Waals surface area contributed by atoms with Crippen LogP contribution in [-0.2, 0) is 6.54 Å². The molecule has 84 valence electrons. The number of thiophene rings is 1. The standard InChI is InChI=1S/C11H17BrN2S/c1-11(2)8-13-3-4-14(11)6-10-5-9(12)7-15-10/h5,7,13H,3-4,6,8H2,1-2H3. The molecule has 0 aromatic carbocycles. The van der Waals surface area contributed by atoms with E-state index in [1.165, 1.54) is 9.35 Å². The van der Waals surface area contributed by atoms with E-state index in [-0.39, 0.29) is 5.54 Å². The number of nitrogens with zero attached hydrogens (tertiary/aromatic N) is 1. The zero-order valence-electron chi connectivity index (χ0n) is 9.22. The SMILES string of the molecule is CC1(C)CNCCN1Cc1cc(Br)cs1. The van der Waals surface area contributed by atoms with Crippen LogP contribution in [0, 0.1) is 0 Å². The maximum atomic E-state index is 3.51. The predicted octanol–water partition coefficient (Wildman–Crippen LogP) is 2.69. The molecular weight excluding hydrogens is 272 g/mol. The van der Waals surface area contributed by atoms with Crippen LogP contribution in [0.15, 0.2) is 15.9 Å². The summed E-state index contributed by atoms with van der Waals surface area (Å²) in [6.45, 7) is 9.02. The first-order valence-electron chi connectivity index (χ1n) is 5.27. The minimum atomic E-state index is 0.273. The van der Waals surface area contributed by atoms with Crippen molar-refractivity contribution in [2.75, 3.05) is 19.6 Å². The van der Waals surface area contributed by atoms with Gasteiger partial charge in [0.25, 0.3) is 0 Å². The summed E-state index contributed by atoms with van der Waals surface area (Å²) in [6.07, 6.45) is 0. The van der Waals surface area contributed by atoms with E-state index < -0.39 is 0 Å². The first-order chi connectivity index (χ1) is 7.08. The lowest BCUT2D eigenvalue weighted by molar-refractivity contribution is 0.0838. The number of nitrogens with one attached hydrogen (secondary N) is 1. The molecule has 0 unspecified atom stereocenters. The number of rotatable bonds is 2. The monoisotopic (exact) mass is 288 g/mol. The van der Waals surface area contributed by atoms with Gasteiger partial charge in [0.05, 0.1) is 0 Å². The van der Waals surface area contributed by atoms with E-state index in [0.717, 1.165) is 26.2 Å². The highest BCUT2D eigenvalue weighted by molar-refractivity contribution is 9.10. The summed E-state index contributed by atoms with van der Waals surface area (Å²) < 4.78 is 1.20. The average Bonchev–Trinajstić information content (AvgIpc) is 2.55. The average molecular weight is 289 g/mol. The van der Waals surface area contributed by atoms with Crippen LogP contribution in [0.1, 0.15) is 18.7 Å². The molecule has 1 N–H and O–H groups in total. The Morgan fingerprint density at radius 2 is 2.40 bits per heavy atom. The molecule has 0 aliphatic carbocycles. The second kappa shape index (κ2) is 4.53. The topological polar surface area (TPSA) is 15.3 Å². The smallest absolute Gasteiger partial charge is 0.0334 e. The summed E-state index contributed by atoms with van der Waals surface area (Å²) in [6, 6.07) is 2.22. The van der Waals surface area contributed by atoms with Crippen LogP contribution >= 0.6 is 27.3 Å². The first kappa shape index (κ1) is 11.6. The summed E-state index contributed by atoms with van der Waals surface area (Å²) in [5.74, 6) is 0. The van der Waals surface area contributed by atoms with Crippen LogP contribution in [0.25, 0.3) is 0 Å². The highest BCUT2D eigenvalue weighted by atomic mass is 79.9. The Kier molecular flexibility index (Phi) is 3.50. The van der Waals surface area contributed by atoms with Crippen molar-refractivity contribution in [1.29, 1.82) is 0 Å². The van der Waals surface area contributed by atoms with Gasteiger partial charge in [0.1, 0.15) is 0 Å². The third-order valence-corrected chi connectivity index (χ3v) is 4.62. The van der Waals surface area contributed by atoms with Crippen molar-refractivity contribution in [2.24, 2.45) is 0 Å². The fraction of sp³-hybridized carbons (Fsp3) is 0.636. The van der Waals surface area contributed by atoms with Crippen molar-refractivity contribution in [2.45, 2.75) is 25.9 Å². The quantitative estimate of drug-likeness (QED) is 0.900. The molecule has 0 radical (unpaired) electrons. The van der Waals surface area contributed by atoms with Crippen LogP contribution in [0.5, 0.6) is 0 Å². The molecule has 2 rings (SSSR count). The van der Waals surface area contributed by atoms with Crippen molar-refractivity contribution >= 4 is 27.3 Å². The number of halogens is 1. The molecule has 1 fully saturated rings. The third kappa shape index (κ3) is 2.81. The second-order valence-electron chi connectivity index (χ2n) is 4.64. The summed E-state index contributed by atoms with van der Waals surface area (Å²) in [5.41, 5.74) is 0.273. The fourth-order valence-corrected chi connectivity index (χ4v) is 3.41. The van der Waals surface area contributed by atoms with E-state index in [1.54, 1.807) is 0 Å². The Morgan fingerprint density at radius 1 is 1.60 bits per heavy atom. The Labute approximate surface area is 104 Å². The van der Waals surface area contributed by atoms with Gasteiger partial charge in [0.2, 0.25) is 0 Å². The Balaban J connectivity index is 2.04. The second-order valence-corrected chi connectivity index (χ2v) is 6.55. The predicted molar refractivity (Wildman–Crippen MR) is 69.4 cm³/mol. The zero-order chi connectivity index (χ0) is 10.9. The van der Waals surface area contributed by atoms with Gasteiger partial charge in [0, 0.05) is 46.4 Å². The summed E-state index contributed by atoms with van der Waals surface area (Å²) in [5, 5.41) is 5.61. The van der Waals surface area contributed by atoms with Crippen molar-refractivity contribution in [1.82, 2.24) is 10.2 Å². The molecular formula is C11H17BrN2S. The van der Waals surface area contributed by atoms with Gasteiger partial charge in [-0.3, -0.25) is 4.90 Å². The summed E-state index contributed by atoms with van der Waals surface area (Å²) in [7, 11) is 0. The van der Waals surface area contributed by atoms with Crippen LogP contribution in [0.4, 0.5) is 0 Å². The lowest BCUT2D eigenvalue weighted by Gasteiger charge is -2.42. The highest BCUT2D eigenvalue weighted by Crippen LogP contribution is 2.25. The van der Waals surface area contributed by atoms with Gasteiger partial charge in [-0.15, -0.1) is 11.3 Å². The van der Waals surface area contributed by atoms with Crippen molar-refractivity contribution < 1.29 is 0 Å². The van der Waals surface area contributed by atoms with Crippen LogP contribution in [-0.4, -0.2) is 30.1 Å². The van der Waals surface area contributed by atoms with Gasteiger partial charge in [-0.25, -0.2) is 0 Å². The van der Waals surface area contributed by atoms with Gasteiger partial charge >= 0.3 is 0 Å². The molecule has 0 atom stereocenters. The van der Waals surface area contributed by atoms with Gasteiger partial charge in [-0.1, -0.05) is 0 Å². The highest BCUT2D eigenvalue weighted by Gasteiger charge is 2.29. The molecule has 0 spiro atoms. The first-order valence-corrected chi connectivity index (χ1v) is 6.94. The Bertz CT molecular complexity index is 335. The van der Waals surface area contributed by atoms with Crippen molar-refractivity contribution in [3.05, 3.63) is 20.8 Å². The molecule has 0 saturated carbocycles. The van der Waals surface area contributed by atoms with E-state index >= 15 is 0 Å². The minimum Gasteiger partial charge on any atom is -0.314 e. The molecule has 1 aromatic rings. The summed E-state index contributed by atoms with van der Waals surface area (Å²) in [4.78, 5) is 4.00. The molecule has 1 aromatic heterocycles. The fourth-order valence-electron chi connectivity index (χ4n) is 1.94. The molecule has 0 amide bonds. The third-order valence-electron chi connectivity index (χ3n) is 2.94. The van der Waals surface area contributed by atoms with E-state index in [0.29, 0.717) is 0 Å².